The molecule has 0 aliphatic carbocycles. The van der Waals surface area contributed by atoms with E-state index in [1.807, 2.05) is 18.2 Å². The van der Waals surface area contributed by atoms with Crippen molar-refractivity contribution in [2.45, 2.75) is 26.4 Å². The van der Waals surface area contributed by atoms with Crippen LogP contribution in [0.3, 0.4) is 0 Å². The third kappa shape index (κ3) is 3.82. The van der Waals surface area contributed by atoms with Crippen LogP contribution in [0, 0.1) is 13.8 Å². The molecule has 0 saturated carbocycles. The Hall–Kier alpha value is -0.830. The fourth-order valence-corrected chi connectivity index (χ4v) is 3.09. The molecule has 2 aromatic carbocycles. The molecule has 0 amide bonds. The first-order chi connectivity index (χ1) is 8.95. The molecule has 1 nitrogen and oxygen atoms in total. The highest BCUT2D eigenvalue weighted by molar-refractivity contribution is 9.10. The first kappa shape index (κ1) is 14.6. The van der Waals surface area contributed by atoms with E-state index in [1.54, 1.807) is 0 Å². The first-order valence-corrected chi connectivity index (χ1v) is 7.33. The van der Waals surface area contributed by atoms with Crippen LogP contribution >= 0.6 is 27.5 Å². The predicted octanol–water partition coefficient (Wildman–Crippen LogP) is 5.00. The molecule has 2 aromatic rings. The van der Waals surface area contributed by atoms with E-state index < -0.39 is 6.10 Å². The van der Waals surface area contributed by atoms with E-state index in [0.717, 1.165) is 15.6 Å². The Morgan fingerprint density at radius 3 is 2.32 bits per heavy atom. The van der Waals surface area contributed by atoms with Gasteiger partial charge in [0.05, 0.1) is 6.10 Å². The molecule has 0 aliphatic heterocycles. The summed E-state index contributed by atoms with van der Waals surface area (Å²) in [7, 11) is 0. The number of halogens is 2. The first-order valence-electron chi connectivity index (χ1n) is 6.16. The van der Waals surface area contributed by atoms with Crippen LogP contribution in [0.2, 0.25) is 5.02 Å². The quantitative estimate of drug-likeness (QED) is 0.834. The number of aliphatic hydroxyl groups is 1. The van der Waals surface area contributed by atoms with Gasteiger partial charge in [0, 0.05) is 15.9 Å². The van der Waals surface area contributed by atoms with Crippen molar-refractivity contribution in [2.24, 2.45) is 0 Å². The van der Waals surface area contributed by atoms with Crippen LogP contribution in [0.1, 0.15) is 28.4 Å². The summed E-state index contributed by atoms with van der Waals surface area (Å²) >= 11 is 9.53. The summed E-state index contributed by atoms with van der Waals surface area (Å²) in [4.78, 5) is 0. The molecule has 1 N–H and O–H groups in total. The maximum absolute atomic E-state index is 10.3. The van der Waals surface area contributed by atoms with E-state index in [-0.39, 0.29) is 0 Å². The molecule has 0 radical (unpaired) electrons. The van der Waals surface area contributed by atoms with Gasteiger partial charge in [-0.1, -0.05) is 62.9 Å². The normalized spacial score (nSPS) is 12.5. The lowest BCUT2D eigenvalue weighted by atomic mass is 9.98. The highest BCUT2D eigenvalue weighted by Crippen LogP contribution is 2.28. The lowest BCUT2D eigenvalue weighted by molar-refractivity contribution is 0.178. The molecular weight excluding hydrogens is 324 g/mol. The van der Waals surface area contributed by atoms with Crippen molar-refractivity contribution >= 4 is 27.5 Å². The van der Waals surface area contributed by atoms with E-state index in [0.29, 0.717) is 11.4 Å². The number of aliphatic hydroxyl groups excluding tert-OH is 1. The second kappa shape index (κ2) is 6.08. The number of benzene rings is 2. The van der Waals surface area contributed by atoms with E-state index in [4.69, 9.17) is 11.6 Å². The van der Waals surface area contributed by atoms with E-state index >= 15 is 0 Å². The summed E-state index contributed by atoms with van der Waals surface area (Å²) in [6, 6.07) is 11.9. The van der Waals surface area contributed by atoms with Gasteiger partial charge < -0.3 is 5.11 Å². The third-order valence-electron chi connectivity index (χ3n) is 3.03. The molecule has 0 spiro atoms. The molecule has 19 heavy (non-hydrogen) atoms. The number of rotatable bonds is 3. The monoisotopic (exact) mass is 338 g/mol. The largest absolute Gasteiger partial charge is 0.388 e. The van der Waals surface area contributed by atoms with E-state index in [1.165, 1.54) is 11.1 Å². The van der Waals surface area contributed by atoms with Gasteiger partial charge in [-0.3, -0.25) is 0 Å². The Labute approximate surface area is 127 Å². The molecule has 2 rings (SSSR count). The van der Waals surface area contributed by atoms with Crippen LogP contribution in [-0.4, -0.2) is 5.11 Å². The number of aryl methyl sites for hydroxylation is 2. The summed E-state index contributed by atoms with van der Waals surface area (Å²) < 4.78 is 0.917. The van der Waals surface area contributed by atoms with Gasteiger partial charge >= 0.3 is 0 Å². The zero-order chi connectivity index (χ0) is 14.0. The summed E-state index contributed by atoms with van der Waals surface area (Å²) in [6.45, 7) is 4.13. The standard InChI is InChI=1S/C16H16BrClO/c1-10-5-11(2)7-12(6-10)8-16(19)14-4-3-13(17)9-15(14)18/h3-7,9,16,19H,8H2,1-2H3. The molecule has 0 fully saturated rings. The molecule has 0 saturated heterocycles. The van der Waals surface area contributed by atoms with Crippen molar-refractivity contribution < 1.29 is 5.11 Å². The maximum atomic E-state index is 10.3. The van der Waals surface area contributed by atoms with Crippen molar-refractivity contribution in [1.29, 1.82) is 0 Å². The zero-order valence-corrected chi connectivity index (χ0v) is 13.3. The minimum absolute atomic E-state index is 0.573. The van der Waals surface area contributed by atoms with Crippen molar-refractivity contribution in [3.8, 4) is 0 Å². The summed E-state index contributed by atoms with van der Waals surface area (Å²) in [5.74, 6) is 0. The molecule has 0 aliphatic rings. The lowest BCUT2D eigenvalue weighted by Crippen LogP contribution is -2.03. The topological polar surface area (TPSA) is 20.2 Å². The van der Waals surface area contributed by atoms with E-state index in [9.17, 15) is 5.11 Å². The second-order valence-corrected chi connectivity index (χ2v) is 6.20. The molecule has 1 unspecified atom stereocenters. The maximum Gasteiger partial charge on any atom is 0.0844 e. The Kier molecular flexibility index (Phi) is 4.67. The molecule has 1 atom stereocenters. The summed E-state index contributed by atoms with van der Waals surface area (Å²) in [5, 5.41) is 10.9. The molecule has 100 valence electrons. The smallest absolute Gasteiger partial charge is 0.0844 e. The van der Waals surface area contributed by atoms with Crippen LogP contribution < -0.4 is 0 Å². The van der Waals surface area contributed by atoms with E-state index in [2.05, 4.69) is 48.0 Å². The van der Waals surface area contributed by atoms with Crippen LogP contribution in [0.15, 0.2) is 40.9 Å². The lowest BCUT2D eigenvalue weighted by Gasteiger charge is -2.14. The van der Waals surface area contributed by atoms with Gasteiger partial charge in [-0.25, -0.2) is 0 Å². The summed E-state index contributed by atoms with van der Waals surface area (Å²) in [6.07, 6.45) is -0.00838. The van der Waals surface area contributed by atoms with Gasteiger partial charge in [0.2, 0.25) is 0 Å². The van der Waals surface area contributed by atoms with Gasteiger partial charge in [0.15, 0.2) is 0 Å². The van der Waals surface area contributed by atoms with Crippen LogP contribution in [0.4, 0.5) is 0 Å². The summed E-state index contributed by atoms with van der Waals surface area (Å²) in [5.41, 5.74) is 4.32. The van der Waals surface area contributed by atoms with Gasteiger partial charge in [0.25, 0.3) is 0 Å². The highest BCUT2D eigenvalue weighted by Gasteiger charge is 2.13. The average molecular weight is 340 g/mol. The predicted molar refractivity (Wildman–Crippen MR) is 83.7 cm³/mol. The van der Waals surface area contributed by atoms with Gasteiger partial charge in [0.1, 0.15) is 0 Å². The fraction of sp³-hybridized carbons (Fsp3) is 0.250. The van der Waals surface area contributed by atoms with Crippen molar-refractivity contribution in [1.82, 2.24) is 0 Å². The molecule has 0 bridgehead atoms. The van der Waals surface area contributed by atoms with Crippen LogP contribution in [-0.2, 0) is 6.42 Å². The Bertz CT molecular complexity index is 575. The third-order valence-corrected chi connectivity index (χ3v) is 3.85. The van der Waals surface area contributed by atoms with Crippen LogP contribution in [0.5, 0.6) is 0 Å². The number of hydrogen-bond donors (Lipinski definition) is 1. The minimum atomic E-state index is -0.582. The average Bonchev–Trinajstić information content (AvgIpc) is 2.26. The molecule has 0 heterocycles. The fourth-order valence-electron chi connectivity index (χ4n) is 2.29. The Morgan fingerprint density at radius 1 is 1.11 bits per heavy atom. The zero-order valence-electron chi connectivity index (χ0n) is 11.0. The molecule has 3 heteroatoms. The van der Waals surface area contributed by atoms with Crippen molar-refractivity contribution in [2.75, 3.05) is 0 Å². The molecular formula is C16H16BrClO. The van der Waals surface area contributed by atoms with Gasteiger partial charge in [-0.15, -0.1) is 0 Å². The highest BCUT2D eigenvalue weighted by atomic mass is 79.9. The van der Waals surface area contributed by atoms with Crippen molar-refractivity contribution in [3.63, 3.8) is 0 Å². The minimum Gasteiger partial charge on any atom is -0.388 e. The van der Waals surface area contributed by atoms with Crippen LogP contribution in [0.25, 0.3) is 0 Å². The SMILES string of the molecule is Cc1cc(C)cc(CC(O)c2ccc(Br)cc2Cl)c1. The Balaban J connectivity index is 2.22. The second-order valence-electron chi connectivity index (χ2n) is 4.88. The Morgan fingerprint density at radius 2 is 1.74 bits per heavy atom. The van der Waals surface area contributed by atoms with Gasteiger partial charge in [-0.05, 0) is 37.1 Å². The van der Waals surface area contributed by atoms with Gasteiger partial charge in [-0.2, -0.15) is 0 Å². The molecule has 0 aromatic heterocycles. The van der Waals surface area contributed by atoms with Crippen molar-refractivity contribution in [3.05, 3.63) is 68.1 Å². The number of hydrogen-bond acceptors (Lipinski definition) is 1.